The van der Waals surface area contributed by atoms with Crippen LogP contribution < -0.4 is 10.9 Å². The first-order valence-corrected chi connectivity index (χ1v) is 6.80. The highest BCUT2D eigenvalue weighted by molar-refractivity contribution is 5.96. The summed E-state index contributed by atoms with van der Waals surface area (Å²) in [4.78, 5) is 23.9. The zero-order valence-corrected chi connectivity index (χ0v) is 11.3. The maximum Gasteiger partial charge on any atom is 0.349 e. The molecule has 6 heteroatoms. The molecular formula is C15H15NO5. The number of ether oxygens (including phenoxy) is 1. The van der Waals surface area contributed by atoms with Gasteiger partial charge in [-0.25, -0.2) is 4.79 Å². The normalized spacial score (nSPS) is 18.0. The highest BCUT2D eigenvalue weighted by Gasteiger charge is 2.19. The van der Waals surface area contributed by atoms with Crippen LogP contribution >= 0.6 is 0 Å². The predicted octanol–water partition coefficient (Wildman–Crippen LogP) is 1.41. The van der Waals surface area contributed by atoms with Crippen molar-refractivity contribution in [3.05, 3.63) is 40.2 Å². The molecule has 2 aromatic rings. The van der Waals surface area contributed by atoms with E-state index in [4.69, 9.17) is 9.15 Å². The number of hydrogen-bond donors (Lipinski definition) is 2. The van der Waals surface area contributed by atoms with Gasteiger partial charge in [0.25, 0.3) is 5.91 Å². The van der Waals surface area contributed by atoms with Crippen LogP contribution in [0.1, 0.15) is 23.2 Å². The predicted molar refractivity (Wildman–Crippen MR) is 75.5 cm³/mol. The van der Waals surface area contributed by atoms with E-state index in [0.29, 0.717) is 18.5 Å². The van der Waals surface area contributed by atoms with Crippen molar-refractivity contribution in [1.82, 2.24) is 5.32 Å². The third kappa shape index (κ3) is 2.90. The van der Waals surface area contributed by atoms with Gasteiger partial charge in [0.1, 0.15) is 16.9 Å². The summed E-state index contributed by atoms with van der Waals surface area (Å²) in [6.45, 7) is 1.09. The zero-order valence-electron chi connectivity index (χ0n) is 11.3. The minimum absolute atomic E-state index is 0.00114. The van der Waals surface area contributed by atoms with E-state index in [-0.39, 0.29) is 23.0 Å². The van der Waals surface area contributed by atoms with Crippen LogP contribution in [0.25, 0.3) is 11.0 Å². The summed E-state index contributed by atoms with van der Waals surface area (Å²) in [6, 6.07) is 5.86. The van der Waals surface area contributed by atoms with Crippen LogP contribution in [0.15, 0.2) is 33.5 Å². The molecule has 21 heavy (non-hydrogen) atoms. The lowest BCUT2D eigenvalue weighted by Gasteiger charge is -2.10. The van der Waals surface area contributed by atoms with Crippen LogP contribution in [0.3, 0.4) is 0 Å². The Balaban J connectivity index is 1.82. The second kappa shape index (κ2) is 5.57. The molecule has 0 bridgehead atoms. The van der Waals surface area contributed by atoms with Gasteiger partial charge >= 0.3 is 5.63 Å². The van der Waals surface area contributed by atoms with Crippen molar-refractivity contribution >= 4 is 16.9 Å². The van der Waals surface area contributed by atoms with Crippen LogP contribution in [-0.4, -0.2) is 30.3 Å². The average Bonchev–Trinajstić information content (AvgIpc) is 2.97. The number of rotatable bonds is 3. The molecule has 1 aromatic carbocycles. The Bertz CT molecular complexity index is 730. The van der Waals surface area contributed by atoms with Crippen molar-refractivity contribution in [2.45, 2.75) is 18.9 Å². The molecule has 3 rings (SSSR count). The molecule has 0 saturated carbocycles. The smallest absolute Gasteiger partial charge is 0.349 e. The number of carbonyl (C=O) groups excluding carboxylic acids is 1. The van der Waals surface area contributed by atoms with Crippen LogP contribution in [0.2, 0.25) is 0 Å². The van der Waals surface area contributed by atoms with Gasteiger partial charge in [-0.15, -0.1) is 0 Å². The van der Waals surface area contributed by atoms with Crippen molar-refractivity contribution in [1.29, 1.82) is 0 Å². The van der Waals surface area contributed by atoms with Gasteiger partial charge in [-0.05, 0) is 31.0 Å². The first kappa shape index (κ1) is 13.6. The Morgan fingerprint density at radius 3 is 3.00 bits per heavy atom. The molecule has 0 aliphatic carbocycles. The number of amides is 1. The monoisotopic (exact) mass is 289 g/mol. The van der Waals surface area contributed by atoms with Crippen molar-refractivity contribution in [3.8, 4) is 5.75 Å². The fourth-order valence-electron chi connectivity index (χ4n) is 2.37. The molecule has 2 N–H and O–H groups in total. The van der Waals surface area contributed by atoms with Gasteiger partial charge < -0.3 is 19.6 Å². The SMILES string of the molecule is O=C(NC[C@@H]1CCCO1)c1cc2ccc(O)cc2oc1=O. The summed E-state index contributed by atoms with van der Waals surface area (Å²) in [6.07, 6.45) is 1.91. The van der Waals surface area contributed by atoms with Crippen LogP contribution in [0, 0.1) is 0 Å². The largest absolute Gasteiger partial charge is 0.508 e. The van der Waals surface area contributed by atoms with E-state index in [1.54, 1.807) is 6.07 Å². The fourth-order valence-corrected chi connectivity index (χ4v) is 2.37. The summed E-state index contributed by atoms with van der Waals surface area (Å²) in [5, 5.41) is 12.6. The lowest BCUT2D eigenvalue weighted by Crippen LogP contribution is -2.34. The van der Waals surface area contributed by atoms with Gasteiger partial charge in [-0.1, -0.05) is 0 Å². The van der Waals surface area contributed by atoms with E-state index in [9.17, 15) is 14.7 Å². The molecule has 1 aliphatic heterocycles. The standard InChI is InChI=1S/C15H15NO5/c17-10-4-3-9-6-12(15(19)21-13(9)7-10)14(18)16-8-11-2-1-5-20-11/h3-4,6-7,11,17H,1-2,5,8H2,(H,16,18)/t11-/m0/s1. The molecule has 0 radical (unpaired) electrons. The maximum absolute atomic E-state index is 12.1. The highest BCUT2D eigenvalue weighted by Crippen LogP contribution is 2.19. The molecule has 110 valence electrons. The van der Waals surface area contributed by atoms with E-state index in [1.807, 2.05) is 0 Å². The lowest BCUT2D eigenvalue weighted by molar-refractivity contribution is 0.0855. The van der Waals surface area contributed by atoms with Gasteiger partial charge in [0.2, 0.25) is 0 Å². The molecule has 0 unspecified atom stereocenters. The number of carbonyl (C=O) groups is 1. The molecule has 0 spiro atoms. The summed E-state index contributed by atoms with van der Waals surface area (Å²) in [5.74, 6) is -0.476. The molecule has 1 saturated heterocycles. The molecule has 1 fully saturated rings. The quantitative estimate of drug-likeness (QED) is 0.834. The Labute approximate surface area is 120 Å². The number of aromatic hydroxyl groups is 1. The molecule has 1 aromatic heterocycles. The molecular weight excluding hydrogens is 274 g/mol. The van der Waals surface area contributed by atoms with Crippen molar-refractivity contribution in [2.24, 2.45) is 0 Å². The van der Waals surface area contributed by atoms with Crippen LogP contribution in [-0.2, 0) is 4.74 Å². The molecule has 1 aliphatic rings. The number of fused-ring (bicyclic) bond motifs is 1. The lowest BCUT2D eigenvalue weighted by atomic mass is 10.1. The first-order valence-electron chi connectivity index (χ1n) is 6.80. The number of phenols is 1. The number of benzene rings is 1. The Morgan fingerprint density at radius 1 is 1.38 bits per heavy atom. The summed E-state index contributed by atoms with van der Waals surface area (Å²) >= 11 is 0. The van der Waals surface area contributed by atoms with E-state index >= 15 is 0 Å². The van der Waals surface area contributed by atoms with E-state index in [1.165, 1.54) is 18.2 Å². The minimum atomic E-state index is -0.724. The molecule has 2 heterocycles. The minimum Gasteiger partial charge on any atom is -0.508 e. The fraction of sp³-hybridized carbons (Fsp3) is 0.333. The highest BCUT2D eigenvalue weighted by atomic mass is 16.5. The molecule has 1 atom stereocenters. The number of hydrogen-bond acceptors (Lipinski definition) is 5. The first-order chi connectivity index (χ1) is 10.1. The van der Waals surface area contributed by atoms with E-state index in [2.05, 4.69) is 5.32 Å². The third-order valence-electron chi connectivity index (χ3n) is 3.48. The Kier molecular flexibility index (Phi) is 3.62. The van der Waals surface area contributed by atoms with Gasteiger partial charge in [-0.3, -0.25) is 4.79 Å². The summed E-state index contributed by atoms with van der Waals surface area (Å²) in [5.41, 5.74) is -0.528. The Hall–Kier alpha value is -2.34. The average molecular weight is 289 g/mol. The maximum atomic E-state index is 12.1. The second-order valence-electron chi connectivity index (χ2n) is 5.01. The van der Waals surface area contributed by atoms with Crippen molar-refractivity contribution in [3.63, 3.8) is 0 Å². The molecule has 6 nitrogen and oxygen atoms in total. The van der Waals surface area contributed by atoms with Crippen molar-refractivity contribution < 1.29 is 19.1 Å². The van der Waals surface area contributed by atoms with Crippen LogP contribution in [0.5, 0.6) is 5.75 Å². The van der Waals surface area contributed by atoms with Gasteiger partial charge in [0.15, 0.2) is 0 Å². The topological polar surface area (TPSA) is 88.8 Å². The number of phenolic OH excluding ortho intramolecular Hbond substituents is 1. The van der Waals surface area contributed by atoms with E-state index in [0.717, 1.165) is 12.8 Å². The summed E-state index contributed by atoms with van der Waals surface area (Å²) < 4.78 is 10.5. The third-order valence-corrected chi connectivity index (χ3v) is 3.48. The Morgan fingerprint density at radius 2 is 2.24 bits per heavy atom. The number of nitrogens with one attached hydrogen (secondary N) is 1. The second-order valence-corrected chi connectivity index (χ2v) is 5.01. The molecule has 1 amide bonds. The van der Waals surface area contributed by atoms with Gasteiger partial charge in [-0.2, -0.15) is 0 Å². The van der Waals surface area contributed by atoms with Crippen molar-refractivity contribution in [2.75, 3.05) is 13.2 Å². The van der Waals surface area contributed by atoms with Gasteiger partial charge in [0.05, 0.1) is 6.10 Å². The van der Waals surface area contributed by atoms with Crippen LogP contribution in [0.4, 0.5) is 0 Å². The van der Waals surface area contributed by atoms with Gasteiger partial charge in [0, 0.05) is 24.6 Å². The summed E-state index contributed by atoms with van der Waals surface area (Å²) in [7, 11) is 0. The van der Waals surface area contributed by atoms with E-state index < -0.39 is 11.5 Å². The zero-order chi connectivity index (χ0) is 14.8.